The number of halogens is 1. The summed E-state index contributed by atoms with van der Waals surface area (Å²) < 4.78 is 28.3. The zero-order chi connectivity index (χ0) is 15.2. The Bertz CT molecular complexity index is 638. The molecular weight excluding hydrogens is 358 g/mol. The molecule has 1 aromatic rings. The van der Waals surface area contributed by atoms with Gasteiger partial charge in [0.1, 0.15) is 10.7 Å². The molecule has 2 bridgehead atoms. The van der Waals surface area contributed by atoms with Crippen molar-refractivity contribution in [1.29, 1.82) is 0 Å². The van der Waals surface area contributed by atoms with Gasteiger partial charge >= 0.3 is 0 Å². The summed E-state index contributed by atoms with van der Waals surface area (Å²) in [6.45, 7) is 0. The van der Waals surface area contributed by atoms with E-state index in [-0.39, 0.29) is 17.0 Å². The fourth-order valence-corrected chi connectivity index (χ4v) is 5.97. The van der Waals surface area contributed by atoms with Crippen molar-refractivity contribution in [3.8, 4) is 0 Å². The molecule has 2 aliphatic heterocycles. The molecule has 0 radical (unpaired) electrons. The maximum absolute atomic E-state index is 13.0. The molecule has 8 heteroatoms. The molecule has 0 amide bonds. The number of hydrogen-bond donors (Lipinski definition) is 2. The van der Waals surface area contributed by atoms with Gasteiger partial charge in [-0.3, -0.25) is 0 Å². The molecular formula is C13H18BrN3O3S. The molecule has 6 nitrogen and oxygen atoms in total. The molecule has 21 heavy (non-hydrogen) atoms. The van der Waals surface area contributed by atoms with E-state index < -0.39 is 16.1 Å². The van der Waals surface area contributed by atoms with Gasteiger partial charge < -0.3 is 10.4 Å². The minimum atomic E-state index is -3.62. The average Bonchev–Trinajstić information content (AvgIpc) is 2.72. The fraction of sp³-hybridized carbons (Fsp3) is 0.615. The third-order valence-electron chi connectivity index (χ3n) is 4.25. The lowest BCUT2D eigenvalue weighted by atomic mass is 10.0. The second kappa shape index (κ2) is 5.49. The quantitative estimate of drug-likeness (QED) is 0.837. The van der Waals surface area contributed by atoms with Crippen LogP contribution in [0.2, 0.25) is 0 Å². The van der Waals surface area contributed by atoms with Gasteiger partial charge in [-0.05, 0) is 47.7 Å². The first-order valence-corrected chi connectivity index (χ1v) is 9.21. The molecule has 0 spiro atoms. The molecule has 3 rings (SSSR count). The van der Waals surface area contributed by atoms with E-state index in [4.69, 9.17) is 0 Å². The summed E-state index contributed by atoms with van der Waals surface area (Å²) in [6.07, 6.45) is 3.85. The van der Waals surface area contributed by atoms with Gasteiger partial charge in [-0.1, -0.05) is 0 Å². The lowest BCUT2D eigenvalue weighted by Gasteiger charge is -2.36. The van der Waals surface area contributed by atoms with E-state index in [1.54, 1.807) is 23.6 Å². The third-order valence-corrected chi connectivity index (χ3v) is 6.70. The van der Waals surface area contributed by atoms with E-state index in [9.17, 15) is 13.5 Å². The van der Waals surface area contributed by atoms with E-state index >= 15 is 0 Å². The number of nitrogens with zero attached hydrogens (tertiary/aromatic N) is 2. The van der Waals surface area contributed by atoms with E-state index in [1.807, 2.05) is 0 Å². The number of anilines is 1. The van der Waals surface area contributed by atoms with Crippen molar-refractivity contribution in [2.45, 2.75) is 48.8 Å². The van der Waals surface area contributed by atoms with Crippen LogP contribution in [0.15, 0.2) is 21.6 Å². The van der Waals surface area contributed by atoms with Crippen LogP contribution in [0.4, 0.5) is 5.82 Å². The number of aliphatic hydroxyl groups excluding tert-OH is 1. The summed E-state index contributed by atoms with van der Waals surface area (Å²) in [5.41, 5.74) is 0. The Balaban J connectivity index is 2.04. The highest BCUT2D eigenvalue weighted by Gasteiger charge is 2.47. The number of rotatable bonds is 3. The molecule has 0 saturated carbocycles. The Morgan fingerprint density at radius 1 is 1.38 bits per heavy atom. The van der Waals surface area contributed by atoms with E-state index in [0.29, 0.717) is 23.1 Å². The van der Waals surface area contributed by atoms with Crippen LogP contribution in [0, 0.1) is 0 Å². The summed E-state index contributed by atoms with van der Waals surface area (Å²) in [4.78, 5) is 4.32. The minimum Gasteiger partial charge on any atom is -0.393 e. The molecule has 3 heterocycles. The van der Waals surface area contributed by atoms with Gasteiger partial charge in [0.2, 0.25) is 10.0 Å². The highest BCUT2D eigenvalue weighted by Crippen LogP contribution is 2.41. The molecule has 2 saturated heterocycles. The zero-order valence-corrected chi connectivity index (χ0v) is 14.1. The number of hydrogen-bond acceptors (Lipinski definition) is 5. The first-order chi connectivity index (χ1) is 9.93. The maximum Gasteiger partial charge on any atom is 0.247 e. The van der Waals surface area contributed by atoms with Crippen LogP contribution in [0.1, 0.15) is 25.7 Å². The van der Waals surface area contributed by atoms with Crippen molar-refractivity contribution in [1.82, 2.24) is 9.29 Å². The first-order valence-electron chi connectivity index (χ1n) is 6.98. The normalized spacial score (nSPS) is 29.6. The highest BCUT2D eigenvalue weighted by molar-refractivity contribution is 9.10. The summed E-state index contributed by atoms with van der Waals surface area (Å²) in [5.74, 6) is 0.351. The Labute approximate surface area is 132 Å². The summed E-state index contributed by atoms with van der Waals surface area (Å²) in [7, 11) is -1.96. The Hall–Kier alpha value is -0.700. The number of piperidine rings is 1. The number of aromatic nitrogens is 1. The lowest BCUT2D eigenvalue weighted by molar-refractivity contribution is 0.0769. The Morgan fingerprint density at radius 2 is 2.00 bits per heavy atom. The second-order valence-electron chi connectivity index (χ2n) is 5.60. The molecule has 2 aliphatic rings. The van der Waals surface area contributed by atoms with Crippen LogP contribution < -0.4 is 5.32 Å². The van der Waals surface area contributed by atoms with Gasteiger partial charge in [-0.25, -0.2) is 13.4 Å². The van der Waals surface area contributed by atoms with Gasteiger partial charge in [0.05, 0.1) is 6.10 Å². The minimum absolute atomic E-state index is 0.104. The molecule has 0 aliphatic carbocycles. The van der Waals surface area contributed by atoms with Crippen molar-refractivity contribution < 1.29 is 13.5 Å². The molecule has 1 aromatic heterocycles. The number of aliphatic hydroxyl groups is 1. The van der Waals surface area contributed by atoms with Crippen molar-refractivity contribution in [2.24, 2.45) is 0 Å². The molecule has 2 fully saturated rings. The van der Waals surface area contributed by atoms with Crippen molar-refractivity contribution in [2.75, 3.05) is 12.4 Å². The first kappa shape index (κ1) is 15.2. The van der Waals surface area contributed by atoms with E-state index in [0.717, 1.165) is 12.8 Å². The summed E-state index contributed by atoms with van der Waals surface area (Å²) in [5, 5.41) is 12.7. The number of fused-ring (bicyclic) bond motifs is 2. The van der Waals surface area contributed by atoms with Crippen LogP contribution in [0.25, 0.3) is 0 Å². The fourth-order valence-electron chi connectivity index (χ4n) is 3.42. The number of pyridine rings is 1. The van der Waals surface area contributed by atoms with Crippen molar-refractivity contribution in [3.05, 3.63) is 16.7 Å². The van der Waals surface area contributed by atoms with Crippen LogP contribution in [-0.2, 0) is 10.0 Å². The molecule has 0 aromatic carbocycles. The van der Waals surface area contributed by atoms with Gasteiger partial charge in [0.25, 0.3) is 0 Å². The molecule has 2 atom stereocenters. The van der Waals surface area contributed by atoms with Crippen LogP contribution in [-0.4, -0.2) is 48.0 Å². The third kappa shape index (κ3) is 2.58. The Morgan fingerprint density at radius 3 is 2.57 bits per heavy atom. The monoisotopic (exact) mass is 375 g/mol. The highest BCUT2D eigenvalue weighted by atomic mass is 79.9. The van der Waals surface area contributed by atoms with Crippen LogP contribution in [0.5, 0.6) is 0 Å². The zero-order valence-electron chi connectivity index (χ0n) is 11.7. The lowest BCUT2D eigenvalue weighted by Crippen LogP contribution is -2.48. The van der Waals surface area contributed by atoms with Crippen molar-refractivity contribution >= 4 is 31.8 Å². The van der Waals surface area contributed by atoms with Gasteiger partial charge in [-0.15, -0.1) is 0 Å². The summed E-state index contributed by atoms with van der Waals surface area (Å²) in [6, 6.07) is 1.37. The topological polar surface area (TPSA) is 82.5 Å². The van der Waals surface area contributed by atoms with Crippen LogP contribution in [0.3, 0.4) is 0 Å². The molecule has 2 unspecified atom stereocenters. The molecule has 2 N–H and O–H groups in total. The largest absolute Gasteiger partial charge is 0.393 e. The predicted octanol–water partition coefficient (Wildman–Crippen LogP) is 1.56. The standard InChI is InChI=1S/C13H18BrN3O3S/c1-15-13-12(4-8(14)7-16-13)21(19,20)17-9-2-3-10(17)6-11(18)5-9/h4,7,9-11,18H,2-3,5-6H2,1H3,(H,15,16). The van der Waals surface area contributed by atoms with Gasteiger partial charge in [0.15, 0.2) is 0 Å². The van der Waals surface area contributed by atoms with Crippen molar-refractivity contribution in [3.63, 3.8) is 0 Å². The summed E-state index contributed by atoms with van der Waals surface area (Å²) >= 11 is 3.28. The SMILES string of the molecule is CNc1ncc(Br)cc1S(=O)(=O)N1C2CCC1CC(O)C2. The van der Waals surface area contributed by atoms with Gasteiger partial charge in [0, 0.05) is 29.8 Å². The smallest absolute Gasteiger partial charge is 0.247 e. The predicted molar refractivity (Wildman–Crippen MR) is 82.6 cm³/mol. The Kier molecular flexibility index (Phi) is 3.98. The van der Waals surface area contributed by atoms with E-state index in [2.05, 4.69) is 26.2 Å². The second-order valence-corrected chi connectivity index (χ2v) is 8.32. The maximum atomic E-state index is 13.0. The van der Waals surface area contributed by atoms with E-state index in [1.165, 1.54) is 0 Å². The average molecular weight is 376 g/mol. The number of sulfonamides is 1. The molecule has 116 valence electrons. The number of nitrogens with one attached hydrogen (secondary N) is 1. The van der Waals surface area contributed by atoms with Crippen LogP contribution >= 0.6 is 15.9 Å². The van der Waals surface area contributed by atoms with Gasteiger partial charge in [-0.2, -0.15) is 4.31 Å².